The fraction of sp³-hybridized carbons (Fsp3) is 0.250. The summed E-state index contributed by atoms with van der Waals surface area (Å²) in [5.41, 5.74) is 1.87. The Hall–Kier alpha value is -1.56. The Kier molecular flexibility index (Phi) is 4.36. The Morgan fingerprint density at radius 3 is 2.70 bits per heavy atom. The number of benzene rings is 1. The Labute approximate surface area is 148 Å². The molecule has 3 rings (SSSR count). The number of amides is 1. The minimum atomic E-state index is -0.0170. The summed E-state index contributed by atoms with van der Waals surface area (Å²) >= 11 is 13.4. The molecular formula is C16H15Cl2N3OS. The van der Waals surface area contributed by atoms with Gasteiger partial charge in [-0.05, 0) is 30.7 Å². The quantitative estimate of drug-likeness (QED) is 0.682. The van der Waals surface area contributed by atoms with Crippen molar-refractivity contribution in [3.05, 3.63) is 50.4 Å². The van der Waals surface area contributed by atoms with Crippen molar-refractivity contribution in [1.29, 1.82) is 0 Å². The van der Waals surface area contributed by atoms with E-state index >= 15 is 0 Å². The van der Waals surface area contributed by atoms with E-state index in [4.69, 9.17) is 23.2 Å². The van der Waals surface area contributed by atoms with Crippen LogP contribution >= 0.6 is 34.5 Å². The number of fused-ring (bicyclic) bond motifs is 1. The van der Waals surface area contributed by atoms with Crippen molar-refractivity contribution in [3.63, 3.8) is 0 Å². The summed E-state index contributed by atoms with van der Waals surface area (Å²) in [4.78, 5) is 16.0. The average molecular weight is 368 g/mol. The molecule has 0 spiro atoms. The van der Waals surface area contributed by atoms with Crippen molar-refractivity contribution in [3.8, 4) is 0 Å². The molecule has 0 aliphatic carbocycles. The first-order valence-electron chi connectivity index (χ1n) is 6.99. The predicted octanol–water partition coefficient (Wildman–Crippen LogP) is 4.52. The molecule has 0 saturated carbocycles. The molecule has 2 heterocycles. The number of rotatable bonds is 3. The number of thiophene rings is 1. The summed E-state index contributed by atoms with van der Waals surface area (Å²) in [5, 5.41) is 6.39. The van der Waals surface area contributed by atoms with Crippen LogP contribution in [0.5, 0.6) is 0 Å². The Balaban J connectivity index is 1.83. The van der Waals surface area contributed by atoms with Gasteiger partial charge in [0.1, 0.15) is 4.83 Å². The molecule has 0 saturated heterocycles. The average Bonchev–Trinajstić information content (AvgIpc) is 3.04. The number of halogens is 2. The van der Waals surface area contributed by atoms with Gasteiger partial charge in [-0.25, -0.2) is 0 Å². The molecule has 1 aromatic carbocycles. The van der Waals surface area contributed by atoms with Crippen LogP contribution in [0, 0.1) is 6.92 Å². The predicted molar refractivity (Wildman–Crippen MR) is 95.6 cm³/mol. The molecule has 0 aliphatic rings. The standard InChI is InChI=1S/C16H15Cl2N3OS/c1-9-11-7-14(23-16(11)21(3)19-9)15(22)20(2)8-10-4-5-12(17)13(18)6-10/h4-7H,8H2,1-3H3. The third-order valence-electron chi connectivity index (χ3n) is 3.66. The highest BCUT2D eigenvalue weighted by Gasteiger charge is 2.18. The molecule has 0 bridgehead atoms. The first-order valence-corrected chi connectivity index (χ1v) is 8.56. The summed E-state index contributed by atoms with van der Waals surface area (Å²) in [6.07, 6.45) is 0. The number of hydrogen-bond donors (Lipinski definition) is 0. The van der Waals surface area contributed by atoms with Crippen molar-refractivity contribution >= 4 is 50.7 Å². The maximum atomic E-state index is 12.6. The SMILES string of the molecule is Cc1nn(C)c2sc(C(=O)N(C)Cc3ccc(Cl)c(Cl)c3)cc12. The summed E-state index contributed by atoms with van der Waals surface area (Å²) in [6.45, 7) is 2.42. The lowest BCUT2D eigenvalue weighted by atomic mass is 10.2. The highest BCUT2D eigenvalue weighted by molar-refractivity contribution is 7.20. The Morgan fingerprint density at radius 1 is 1.30 bits per heavy atom. The van der Waals surface area contributed by atoms with E-state index < -0.39 is 0 Å². The lowest BCUT2D eigenvalue weighted by molar-refractivity contribution is 0.0790. The highest BCUT2D eigenvalue weighted by Crippen LogP contribution is 2.29. The van der Waals surface area contributed by atoms with Crippen LogP contribution in [0.4, 0.5) is 0 Å². The number of aromatic nitrogens is 2. The van der Waals surface area contributed by atoms with E-state index in [2.05, 4.69) is 5.10 Å². The van der Waals surface area contributed by atoms with Gasteiger partial charge < -0.3 is 4.90 Å². The zero-order chi connectivity index (χ0) is 16.7. The minimum absolute atomic E-state index is 0.0170. The van der Waals surface area contributed by atoms with E-state index in [9.17, 15) is 4.79 Å². The van der Waals surface area contributed by atoms with Gasteiger partial charge in [-0.3, -0.25) is 9.48 Å². The van der Waals surface area contributed by atoms with Gasteiger partial charge in [-0.2, -0.15) is 5.10 Å². The summed E-state index contributed by atoms with van der Waals surface area (Å²) in [5.74, 6) is -0.0170. The molecule has 0 aliphatic heterocycles. The molecule has 0 N–H and O–H groups in total. The van der Waals surface area contributed by atoms with E-state index in [0.29, 0.717) is 21.5 Å². The van der Waals surface area contributed by atoms with Crippen molar-refractivity contribution in [1.82, 2.24) is 14.7 Å². The zero-order valence-electron chi connectivity index (χ0n) is 12.9. The van der Waals surface area contributed by atoms with E-state index in [1.807, 2.05) is 30.8 Å². The topological polar surface area (TPSA) is 38.1 Å². The smallest absolute Gasteiger partial charge is 0.264 e. The molecular weight excluding hydrogens is 353 g/mol. The normalized spacial score (nSPS) is 11.2. The maximum Gasteiger partial charge on any atom is 0.264 e. The summed E-state index contributed by atoms with van der Waals surface area (Å²) in [6, 6.07) is 7.31. The monoisotopic (exact) mass is 367 g/mol. The lowest BCUT2D eigenvalue weighted by Gasteiger charge is -2.16. The van der Waals surface area contributed by atoms with Gasteiger partial charge in [0, 0.05) is 26.0 Å². The van der Waals surface area contributed by atoms with Gasteiger partial charge in [-0.1, -0.05) is 29.3 Å². The van der Waals surface area contributed by atoms with E-state index in [0.717, 1.165) is 21.5 Å². The van der Waals surface area contributed by atoms with Gasteiger partial charge in [-0.15, -0.1) is 11.3 Å². The van der Waals surface area contributed by atoms with Crippen LogP contribution in [-0.2, 0) is 13.6 Å². The Morgan fingerprint density at radius 2 is 2.04 bits per heavy atom. The van der Waals surface area contributed by atoms with Gasteiger partial charge in [0.25, 0.3) is 5.91 Å². The number of carbonyl (C=O) groups is 1. The van der Waals surface area contributed by atoms with Crippen molar-refractivity contribution < 1.29 is 4.79 Å². The summed E-state index contributed by atoms with van der Waals surface area (Å²) < 4.78 is 1.81. The third kappa shape index (κ3) is 3.09. The van der Waals surface area contributed by atoms with Crippen LogP contribution in [0.1, 0.15) is 20.9 Å². The van der Waals surface area contributed by atoms with Crippen LogP contribution in [0.25, 0.3) is 10.2 Å². The first-order chi connectivity index (χ1) is 10.9. The molecule has 1 amide bonds. The highest BCUT2D eigenvalue weighted by atomic mass is 35.5. The maximum absolute atomic E-state index is 12.6. The number of nitrogens with zero attached hydrogens (tertiary/aromatic N) is 3. The molecule has 3 aromatic rings. The van der Waals surface area contributed by atoms with Gasteiger partial charge in [0.2, 0.25) is 0 Å². The number of carbonyl (C=O) groups excluding carboxylic acids is 1. The molecule has 4 nitrogen and oxygen atoms in total. The second-order valence-corrected chi connectivity index (χ2v) is 7.29. The van der Waals surface area contributed by atoms with Crippen LogP contribution in [0.2, 0.25) is 10.0 Å². The van der Waals surface area contributed by atoms with Crippen molar-refractivity contribution in [2.45, 2.75) is 13.5 Å². The zero-order valence-corrected chi connectivity index (χ0v) is 15.3. The number of hydrogen-bond acceptors (Lipinski definition) is 3. The van der Waals surface area contributed by atoms with Gasteiger partial charge in [0.05, 0.1) is 20.6 Å². The van der Waals surface area contributed by atoms with Gasteiger partial charge in [0.15, 0.2) is 0 Å². The molecule has 120 valence electrons. The molecule has 0 fully saturated rings. The molecule has 0 unspecified atom stereocenters. The molecule has 0 radical (unpaired) electrons. The molecule has 23 heavy (non-hydrogen) atoms. The van der Waals surface area contributed by atoms with E-state index in [1.165, 1.54) is 11.3 Å². The lowest BCUT2D eigenvalue weighted by Crippen LogP contribution is -2.25. The van der Waals surface area contributed by atoms with E-state index in [1.54, 1.807) is 24.1 Å². The van der Waals surface area contributed by atoms with Crippen LogP contribution in [0.15, 0.2) is 24.3 Å². The molecule has 0 atom stereocenters. The van der Waals surface area contributed by atoms with Crippen LogP contribution in [0.3, 0.4) is 0 Å². The largest absolute Gasteiger partial charge is 0.337 e. The van der Waals surface area contributed by atoms with Crippen molar-refractivity contribution in [2.75, 3.05) is 7.05 Å². The summed E-state index contributed by atoms with van der Waals surface area (Å²) in [7, 11) is 3.67. The molecule has 7 heteroatoms. The second kappa shape index (κ2) is 6.15. The first kappa shape index (κ1) is 16.3. The second-order valence-electron chi connectivity index (χ2n) is 5.45. The fourth-order valence-electron chi connectivity index (χ4n) is 2.48. The van der Waals surface area contributed by atoms with Gasteiger partial charge >= 0.3 is 0 Å². The van der Waals surface area contributed by atoms with E-state index in [-0.39, 0.29) is 5.91 Å². The third-order valence-corrected chi connectivity index (χ3v) is 5.59. The fourth-order valence-corrected chi connectivity index (χ4v) is 3.92. The van der Waals surface area contributed by atoms with Crippen LogP contribution in [-0.4, -0.2) is 27.6 Å². The minimum Gasteiger partial charge on any atom is -0.337 e. The Bertz CT molecular complexity index is 866. The van der Waals surface area contributed by atoms with Crippen LogP contribution < -0.4 is 0 Å². The molecule has 2 aromatic heterocycles. The van der Waals surface area contributed by atoms with Crippen molar-refractivity contribution in [2.24, 2.45) is 7.05 Å². The number of aryl methyl sites for hydroxylation is 2.